The molecule has 7 heteroatoms. The molecule has 0 heterocycles. The fourth-order valence-electron chi connectivity index (χ4n) is 1.59. The van der Waals surface area contributed by atoms with Crippen LogP contribution in [0.5, 0.6) is 0 Å². The monoisotopic (exact) mass is 289 g/mol. The van der Waals surface area contributed by atoms with E-state index in [-0.39, 0.29) is 5.91 Å². The van der Waals surface area contributed by atoms with Crippen molar-refractivity contribution >= 4 is 11.8 Å². The number of ether oxygens (including phenoxy) is 1. The molecule has 20 heavy (non-hydrogen) atoms. The number of carbonyl (C=O) groups excluding carboxylic acids is 2. The number of methoxy groups -OCH3 is 1. The second-order valence-corrected chi connectivity index (χ2v) is 4.77. The maximum Gasteiger partial charge on any atom is 0.251 e. The van der Waals surface area contributed by atoms with Gasteiger partial charge in [-0.15, -0.1) is 0 Å². The zero-order chi connectivity index (χ0) is 15.5. The second-order valence-electron chi connectivity index (χ2n) is 4.77. The van der Waals surface area contributed by atoms with Gasteiger partial charge in [0.1, 0.15) is 12.1 Å². The van der Waals surface area contributed by atoms with E-state index < -0.39 is 24.1 Å². The SMILES string of the molecule is CCCC[C@@H](N)C(O)C(=O)N[C@H](C)C(=O)NCCOC. The van der Waals surface area contributed by atoms with Gasteiger partial charge < -0.3 is 26.2 Å². The van der Waals surface area contributed by atoms with Crippen LogP contribution in [-0.2, 0) is 14.3 Å². The number of aliphatic hydroxyl groups excluding tert-OH is 1. The third kappa shape index (κ3) is 7.42. The Hall–Kier alpha value is -1.18. The number of nitrogens with one attached hydrogen (secondary N) is 2. The first-order valence-corrected chi connectivity index (χ1v) is 6.94. The van der Waals surface area contributed by atoms with Crippen LogP contribution in [0.1, 0.15) is 33.1 Å². The van der Waals surface area contributed by atoms with Gasteiger partial charge in [-0.25, -0.2) is 0 Å². The zero-order valence-electron chi connectivity index (χ0n) is 12.5. The van der Waals surface area contributed by atoms with E-state index in [0.29, 0.717) is 19.6 Å². The average molecular weight is 289 g/mol. The second kappa shape index (κ2) is 10.6. The van der Waals surface area contributed by atoms with Crippen molar-refractivity contribution < 1.29 is 19.4 Å². The highest BCUT2D eigenvalue weighted by atomic mass is 16.5. The van der Waals surface area contributed by atoms with Gasteiger partial charge in [0.05, 0.1) is 6.61 Å². The Bertz CT molecular complexity index is 299. The summed E-state index contributed by atoms with van der Waals surface area (Å²) in [5.74, 6) is -0.951. The van der Waals surface area contributed by atoms with Gasteiger partial charge in [0.25, 0.3) is 5.91 Å². The summed E-state index contributed by atoms with van der Waals surface area (Å²) >= 11 is 0. The maximum absolute atomic E-state index is 11.7. The molecule has 118 valence electrons. The molecule has 7 nitrogen and oxygen atoms in total. The number of unbranched alkanes of at least 4 members (excludes halogenated alkanes) is 1. The largest absolute Gasteiger partial charge is 0.383 e. The lowest BCUT2D eigenvalue weighted by Gasteiger charge is -2.20. The Kier molecular flexibility index (Phi) is 9.96. The van der Waals surface area contributed by atoms with Crippen molar-refractivity contribution in [1.29, 1.82) is 0 Å². The van der Waals surface area contributed by atoms with Crippen LogP contribution in [0.3, 0.4) is 0 Å². The van der Waals surface area contributed by atoms with Crippen molar-refractivity contribution in [2.45, 2.75) is 51.3 Å². The van der Waals surface area contributed by atoms with E-state index in [1.54, 1.807) is 6.92 Å². The predicted octanol–water partition coefficient (Wildman–Crippen LogP) is -0.868. The number of hydrogen-bond donors (Lipinski definition) is 4. The lowest BCUT2D eigenvalue weighted by Crippen LogP contribution is -2.52. The molecule has 0 saturated heterocycles. The smallest absolute Gasteiger partial charge is 0.251 e. The lowest BCUT2D eigenvalue weighted by molar-refractivity contribution is -0.134. The number of nitrogens with two attached hydrogens (primary N) is 1. The molecule has 0 aromatic rings. The molecule has 0 rings (SSSR count). The summed E-state index contributed by atoms with van der Waals surface area (Å²) < 4.78 is 4.80. The first-order chi connectivity index (χ1) is 9.43. The molecule has 0 fully saturated rings. The minimum absolute atomic E-state index is 0.329. The molecule has 0 aromatic carbocycles. The Labute approximate surface area is 120 Å². The average Bonchev–Trinajstić information content (AvgIpc) is 2.43. The summed E-state index contributed by atoms with van der Waals surface area (Å²) in [4.78, 5) is 23.4. The molecule has 5 N–H and O–H groups in total. The summed E-state index contributed by atoms with van der Waals surface area (Å²) in [5, 5.41) is 14.8. The Balaban J connectivity index is 4.13. The van der Waals surface area contributed by atoms with E-state index in [2.05, 4.69) is 10.6 Å². The van der Waals surface area contributed by atoms with Crippen LogP contribution in [0.2, 0.25) is 0 Å². The molecule has 0 bridgehead atoms. The van der Waals surface area contributed by atoms with Gasteiger partial charge in [0.2, 0.25) is 5.91 Å². The molecular weight excluding hydrogens is 262 g/mol. The topological polar surface area (TPSA) is 114 Å². The Morgan fingerprint density at radius 2 is 2.00 bits per heavy atom. The van der Waals surface area contributed by atoms with Gasteiger partial charge in [-0.2, -0.15) is 0 Å². The van der Waals surface area contributed by atoms with Crippen LogP contribution < -0.4 is 16.4 Å². The van der Waals surface area contributed by atoms with Gasteiger partial charge in [0, 0.05) is 19.7 Å². The van der Waals surface area contributed by atoms with Crippen LogP contribution in [0.15, 0.2) is 0 Å². The third-order valence-corrected chi connectivity index (χ3v) is 2.92. The molecule has 1 unspecified atom stereocenters. The van der Waals surface area contributed by atoms with E-state index in [1.165, 1.54) is 7.11 Å². The number of carbonyl (C=O) groups is 2. The van der Waals surface area contributed by atoms with Gasteiger partial charge >= 0.3 is 0 Å². The van der Waals surface area contributed by atoms with E-state index in [9.17, 15) is 14.7 Å². The van der Waals surface area contributed by atoms with E-state index >= 15 is 0 Å². The summed E-state index contributed by atoms with van der Waals surface area (Å²) in [6, 6.07) is -1.34. The quantitative estimate of drug-likeness (QED) is 0.391. The highest BCUT2D eigenvalue weighted by Gasteiger charge is 2.25. The fourth-order valence-corrected chi connectivity index (χ4v) is 1.59. The normalized spacial score (nSPS) is 15.2. The van der Waals surface area contributed by atoms with E-state index in [4.69, 9.17) is 10.5 Å². The molecule has 0 aromatic heterocycles. The fraction of sp³-hybridized carbons (Fsp3) is 0.846. The van der Waals surface area contributed by atoms with Gasteiger partial charge in [-0.05, 0) is 13.3 Å². The molecule has 2 amide bonds. The summed E-state index contributed by atoms with van der Waals surface area (Å²) in [5.41, 5.74) is 5.73. The van der Waals surface area contributed by atoms with Crippen LogP contribution in [0, 0.1) is 0 Å². The molecule has 0 aliphatic carbocycles. The highest BCUT2D eigenvalue weighted by Crippen LogP contribution is 2.03. The summed E-state index contributed by atoms with van der Waals surface area (Å²) in [6.45, 7) is 4.32. The van der Waals surface area contributed by atoms with Crippen molar-refractivity contribution in [1.82, 2.24) is 10.6 Å². The molecule has 0 radical (unpaired) electrons. The van der Waals surface area contributed by atoms with Crippen LogP contribution in [0.25, 0.3) is 0 Å². The van der Waals surface area contributed by atoms with Crippen LogP contribution in [-0.4, -0.2) is 55.4 Å². The molecule has 0 saturated carbocycles. The van der Waals surface area contributed by atoms with E-state index in [1.807, 2.05) is 6.92 Å². The third-order valence-electron chi connectivity index (χ3n) is 2.92. The molecule has 0 aliphatic heterocycles. The highest BCUT2D eigenvalue weighted by molar-refractivity contribution is 5.89. The minimum Gasteiger partial charge on any atom is -0.383 e. The van der Waals surface area contributed by atoms with Crippen molar-refractivity contribution in [3.8, 4) is 0 Å². The Morgan fingerprint density at radius 3 is 2.55 bits per heavy atom. The van der Waals surface area contributed by atoms with Crippen molar-refractivity contribution in [3.63, 3.8) is 0 Å². The van der Waals surface area contributed by atoms with Crippen molar-refractivity contribution in [3.05, 3.63) is 0 Å². The molecule has 0 spiro atoms. The number of rotatable bonds is 10. The predicted molar refractivity (Wildman–Crippen MR) is 76.0 cm³/mol. The summed E-state index contributed by atoms with van der Waals surface area (Å²) in [7, 11) is 1.53. The van der Waals surface area contributed by atoms with Gasteiger partial charge in [0.15, 0.2) is 0 Å². The summed E-state index contributed by atoms with van der Waals surface area (Å²) in [6.07, 6.45) is 1.06. The zero-order valence-corrected chi connectivity index (χ0v) is 12.5. The number of hydrogen-bond acceptors (Lipinski definition) is 5. The lowest BCUT2D eigenvalue weighted by atomic mass is 10.0. The van der Waals surface area contributed by atoms with Crippen LogP contribution in [0.4, 0.5) is 0 Å². The number of amides is 2. The van der Waals surface area contributed by atoms with Crippen LogP contribution >= 0.6 is 0 Å². The minimum atomic E-state index is -1.30. The maximum atomic E-state index is 11.7. The molecular formula is C13H27N3O4. The van der Waals surface area contributed by atoms with Crippen molar-refractivity contribution in [2.75, 3.05) is 20.3 Å². The number of aliphatic hydroxyl groups is 1. The first-order valence-electron chi connectivity index (χ1n) is 6.94. The molecule has 3 atom stereocenters. The van der Waals surface area contributed by atoms with Gasteiger partial charge in [-0.1, -0.05) is 19.8 Å². The first kappa shape index (κ1) is 18.8. The van der Waals surface area contributed by atoms with Gasteiger partial charge in [-0.3, -0.25) is 9.59 Å². The Morgan fingerprint density at radius 1 is 1.35 bits per heavy atom. The van der Waals surface area contributed by atoms with Crippen molar-refractivity contribution in [2.24, 2.45) is 5.73 Å². The standard InChI is InChI=1S/C13H27N3O4/c1-4-5-6-10(14)11(17)13(19)16-9(2)12(18)15-7-8-20-3/h9-11,17H,4-8,14H2,1-3H3,(H,15,18)(H,16,19)/t9-,10-,11?/m1/s1. The van der Waals surface area contributed by atoms with E-state index in [0.717, 1.165) is 12.8 Å². The molecule has 0 aliphatic rings.